The molecule has 0 unspecified atom stereocenters. The lowest BCUT2D eigenvalue weighted by Crippen LogP contribution is -1.95. The van der Waals surface area contributed by atoms with Gasteiger partial charge in [0.1, 0.15) is 5.82 Å². The van der Waals surface area contributed by atoms with Crippen LogP contribution in [0.15, 0.2) is 42.9 Å². The molecule has 3 rings (SSSR count). The van der Waals surface area contributed by atoms with Crippen molar-refractivity contribution in [2.45, 2.75) is 0 Å². The lowest BCUT2D eigenvalue weighted by molar-refractivity contribution is 0.627. The Morgan fingerprint density at radius 1 is 1.11 bits per heavy atom. The Labute approximate surface area is 123 Å². The minimum atomic E-state index is -0.252. The first kappa shape index (κ1) is 12.3. The first-order chi connectivity index (χ1) is 9.15. The molecule has 2 aromatic heterocycles. The van der Waals surface area contributed by atoms with Crippen LogP contribution in [-0.4, -0.2) is 19.6 Å². The molecule has 4 nitrogen and oxygen atoms in total. The van der Waals surface area contributed by atoms with Gasteiger partial charge in [-0.25, -0.2) is 9.07 Å². The van der Waals surface area contributed by atoms with Crippen LogP contribution in [0.4, 0.5) is 4.39 Å². The van der Waals surface area contributed by atoms with Crippen molar-refractivity contribution < 1.29 is 4.39 Å². The molecule has 0 bridgehead atoms. The highest BCUT2D eigenvalue weighted by molar-refractivity contribution is 14.1. The molecule has 6 heteroatoms. The van der Waals surface area contributed by atoms with Crippen LogP contribution in [-0.2, 0) is 7.05 Å². The van der Waals surface area contributed by atoms with Crippen molar-refractivity contribution >= 4 is 22.6 Å². The third kappa shape index (κ3) is 2.27. The second kappa shape index (κ2) is 4.76. The maximum Gasteiger partial charge on any atom is 0.123 e. The Morgan fingerprint density at radius 2 is 1.84 bits per heavy atom. The predicted octanol–water partition coefficient (Wildman–Crippen LogP) is 3.02. The van der Waals surface area contributed by atoms with E-state index in [0.717, 1.165) is 20.5 Å². The van der Waals surface area contributed by atoms with Crippen molar-refractivity contribution in [2.24, 2.45) is 7.05 Å². The van der Waals surface area contributed by atoms with Crippen LogP contribution in [0.5, 0.6) is 0 Å². The van der Waals surface area contributed by atoms with E-state index >= 15 is 0 Å². The molecular formula is C13H10FIN4. The molecule has 96 valence electrons. The van der Waals surface area contributed by atoms with Crippen LogP contribution in [0.2, 0.25) is 0 Å². The van der Waals surface area contributed by atoms with Crippen LogP contribution in [0.1, 0.15) is 0 Å². The van der Waals surface area contributed by atoms with Crippen molar-refractivity contribution in [1.82, 2.24) is 19.6 Å². The Balaban J connectivity index is 2.02. The van der Waals surface area contributed by atoms with Crippen LogP contribution in [0.3, 0.4) is 0 Å². The largest absolute Gasteiger partial charge is 0.267 e. The standard InChI is InChI=1S/C13H10FIN4/c1-18-13(12(15)7-16-18)9-6-17-19(8-9)11-4-2-10(14)3-5-11/h2-8H,1H3. The topological polar surface area (TPSA) is 35.6 Å². The number of rotatable bonds is 2. The van der Waals surface area contributed by atoms with Gasteiger partial charge in [0.25, 0.3) is 0 Å². The maximum absolute atomic E-state index is 12.9. The third-order valence-corrected chi connectivity index (χ3v) is 3.63. The van der Waals surface area contributed by atoms with Gasteiger partial charge < -0.3 is 0 Å². The molecule has 0 aliphatic heterocycles. The number of aromatic nitrogens is 4. The highest BCUT2D eigenvalue weighted by atomic mass is 127. The summed E-state index contributed by atoms with van der Waals surface area (Å²) < 4.78 is 17.5. The fourth-order valence-electron chi connectivity index (χ4n) is 1.92. The van der Waals surface area contributed by atoms with E-state index in [0.29, 0.717) is 0 Å². The summed E-state index contributed by atoms with van der Waals surface area (Å²) in [4.78, 5) is 0. The molecular weight excluding hydrogens is 358 g/mol. The monoisotopic (exact) mass is 368 g/mol. The van der Waals surface area contributed by atoms with E-state index in [1.807, 2.05) is 24.1 Å². The molecule has 0 aliphatic carbocycles. The maximum atomic E-state index is 12.9. The van der Waals surface area contributed by atoms with Crippen LogP contribution in [0, 0.1) is 9.39 Å². The van der Waals surface area contributed by atoms with Gasteiger partial charge in [-0.3, -0.25) is 4.68 Å². The van der Waals surface area contributed by atoms with Crippen molar-refractivity contribution in [3.63, 3.8) is 0 Å². The summed E-state index contributed by atoms with van der Waals surface area (Å²) >= 11 is 2.24. The van der Waals surface area contributed by atoms with E-state index in [-0.39, 0.29) is 5.82 Å². The fourth-order valence-corrected chi connectivity index (χ4v) is 2.70. The first-order valence-corrected chi connectivity index (χ1v) is 6.71. The van der Waals surface area contributed by atoms with Gasteiger partial charge in [-0.2, -0.15) is 10.2 Å². The molecule has 0 fully saturated rings. The smallest absolute Gasteiger partial charge is 0.123 e. The van der Waals surface area contributed by atoms with Gasteiger partial charge in [0.05, 0.1) is 27.3 Å². The molecule has 0 N–H and O–H groups in total. The molecule has 19 heavy (non-hydrogen) atoms. The summed E-state index contributed by atoms with van der Waals surface area (Å²) in [6, 6.07) is 6.23. The van der Waals surface area contributed by atoms with Gasteiger partial charge in [-0.05, 0) is 46.9 Å². The Hall–Kier alpha value is -1.70. The molecule has 0 spiro atoms. The zero-order valence-electron chi connectivity index (χ0n) is 10.1. The molecule has 0 saturated carbocycles. The number of hydrogen-bond donors (Lipinski definition) is 0. The van der Waals surface area contributed by atoms with Crippen LogP contribution in [0.25, 0.3) is 16.9 Å². The second-order valence-corrected chi connectivity index (χ2v) is 5.28. The van der Waals surface area contributed by atoms with Crippen molar-refractivity contribution in [3.05, 3.63) is 52.2 Å². The van der Waals surface area contributed by atoms with E-state index in [1.54, 1.807) is 23.0 Å². The predicted molar refractivity (Wildman–Crippen MR) is 78.4 cm³/mol. The van der Waals surface area contributed by atoms with Gasteiger partial charge in [-0.15, -0.1) is 0 Å². The number of nitrogens with zero attached hydrogens (tertiary/aromatic N) is 4. The van der Waals surface area contributed by atoms with Gasteiger partial charge >= 0.3 is 0 Å². The van der Waals surface area contributed by atoms with E-state index in [4.69, 9.17) is 0 Å². The SMILES string of the molecule is Cn1ncc(I)c1-c1cnn(-c2ccc(F)cc2)c1. The Kier molecular flexibility index (Phi) is 3.09. The van der Waals surface area contributed by atoms with Gasteiger partial charge in [0.2, 0.25) is 0 Å². The van der Waals surface area contributed by atoms with Crippen LogP contribution < -0.4 is 0 Å². The quantitative estimate of drug-likeness (QED) is 0.652. The summed E-state index contributed by atoms with van der Waals surface area (Å²) in [6.07, 6.45) is 5.50. The first-order valence-electron chi connectivity index (χ1n) is 5.63. The zero-order chi connectivity index (χ0) is 13.4. The van der Waals surface area contributed by atoms with Crippen molar-refractivity contribution in [1.29, 1.82) is 0 Å². The minimum absolute atomic E-state index is 0.252. The highest BCUT2D eigenvalue weighted by Gasteiger charge is 2.11. The zero-order valence-corrected chi connectivity index (χ0v) is 12.2. The normalized spacial score (nSPS) is 10.9. The van der Waals surface area contributed by atoms with Crippen LogP contribution >= 0.6 is 22.6 Å². The minimum Gasteiger partial charge on any atom is -0.267 e. The molecule has 1 aromatic carbocycles. The van der Waals surface area contributed by atoms with E-state index in [2.05, 4.69) is 32.8 Å². The van der Waals surface area contributed by atoms with Crippen molar-refractivity contribution in [2.75, 3.05) is 0 Å². The summed E-state index contributed by atoms with van der Waals surface area (Å²) in [7, 11) is 1.90. The fraction of sp³-hybridized carbons (Fsp3) is 0.0769. The Bertz CT molecular complexity index is 695. The molecule has 0 saturated heterocycles. The number of benzene rings is 1. The van der Waals surface area contributed by atoms with Crippen molar-refractivity contribution in [3.8, 4) is 16.9 Å². The van der Waals surface area contributed by atoms with Gasteiger partial charge in [0.15, 0.2) is 0 Å². The van der Waals surface area contributed by atoms with E-state index in [1.165, 1.54) is 12.1 Å². The summed E-state index contributed by atoms with van der Waals surface area (Å²) in [5, 5.41) is 8.51. The summed E-state index contributed by atoms with van der Waals surface area (Å²) in [5.41, 5.74) is 2.83. The van der Waals surface area contributed by atoms with Gasteiger partial charge in [0, 0.05) is 18.8 Å². The lowest BCUT2D eigenvalue weighted by Gasteiger charge is -2.01. The molecule has 0 atom stereocenters. The third-order valence-electron chi connectivity index (χ3n) is 2.84. The molecule has 0 aliphatic rings. The molecule has 0 amide bonds. The number of aryl methyl sites for hydroxylation is 1. The summed E-state index contributed by atoms with van der Waals surface area (Å²) in [6.45, 7) is 0. The molecule has 3 aromatic rings. The summed E-state index contributed by atoms with van der Waals surface area (Å²) in [5.74, 6) is -0.252. The Morgan fingerprint density at radius 3 is 2.47 bits per heavy atom. The molecule has 0 radical (unpaired) electrons. The molecule has 2 heterocycles. The average Bonchev–Trinajstić information content (AvgIpc) is 2.98. The van der Waals surface area contributed by atoms with Gasteiger partial charge in [-0.1, -0.05) is 0 Å². The lowest BCUT2D eigenvalue weighted by atomic mass is 10.2. The number of hydrogen-bond acceptors (Lipinski definition) is 2. The van der Waals surface area contributed by atoms with E-state index in [9.17, 15) is 4.39 Å². The number of halogens is 2. The second-order valence-electron chi connectivity index (χ2n) is 4.11. The average molecular weight is 368 g/mol. The highest BCUT2D eigenvalue weighted by Crippen LogP contribution is 2.24. The van der Waals surface area contributed by atoms with E-state index < -0.39 is 0 Å².